The van der Waals surface area contributed by atoms with Crippen LogP contribution in [0.1, 0.15) is 34.0 Å². The van der Waals surface area contributed by atoms with Crippen LogP contribution in [0.15, 0.2) is 42.5 Å². The summed E-state index contributed by atoms with van der Waals surface area (Å²) < 4.78 is 19.3. The van der Waals surface area contributed by atoms with E-state index in [-0.39, 0.29) is 11.7 Å². The van der Waals surface area contributed by atoms with Crippen molar-refractivity contribution in [3.63, 3.8) is 0 Å². The first-order chi connectivity index (χ1) is 11.0. The Hall–Kier alpha value is -3.13. The summed E-state index contributed by atoms with van der Waals surface area (Å²) in [7, 11) is 0. The Morgan fingerprint density at radius 3 is 2.74 bits per heavy atom. The SMILES string of the molecule is CC1C=C(c2cc(F)ccc2C#N)c2cc(C(=O)O)ccc2O1. The summed E-state index contributed by atoms with van der Waals surface area (Å²) >= 11 is 0. The normalized spacial score (nSPS) is 15.9. The van der Waals surface area contributed by atoms with Crippen LogP contribution in [0.4, 0.5) is 4.39 Å². The van der Waals surface area contributed by atoms with Crippen molar-refractivity contribution in [2.24, 2.45) is 0 Å². The van der Waals surface area contributed by atoms with Crippen molar-refractivity contribution in [3.8, 4) is 11.8 Å². The molecule has 1 atom stereocenters. The number of nitrogens with zero attached hydrogens (tertiary/aromatic N) is 1. The zero-order valence-corrected chi connectivity index (χ0v) is 12.2. The van der Waals surface area contributed by atoms with Gasteiger partial charge in [0.05, 0.1) is 17.2 Å². The molecule has 23 heavy (non-hydrogen) atoms. The van der Waals surface area contributed by atoms with E-state index in [1.54, 1.807) is 12.1 Å². The minimum Gasteiger partial charge on any atom is -0.486 e. The molecule has 3 rings (SSSR count). The number of nitriles is 1. The molecule has 0 amide bonds. The predicted octanol–water partition coefficient (Wildman–Crippen LogP) is 3.61. The Balaban J connectivity index is 2.25. The Kier molecular flexibility index (Phi) is 3.59. The summed E-state index contributed by atoms with van der Waals surface area (Å²) in [6.07, 6.45) is 1.48. The van der Waals surface area contributed by atoms with Crippen molar-refractivity contribution in [1.29, 1.82) is 5.26 Å². The zero-order valence-electron chi connectivity index (χ0n) is 12.2. The van der Waals surface area contributed by atoms with Gasteiger partial charge in [0.2, 0.25) is 0 Å². The molecular weight excluding hydrogens is 297 g/mol. The van der Waals surface area contributed by atoms with Crippen LogP contribution in [0.3, 0.4) is 0 Å². The molecule has 1 N–H and O–H groups in total. The fraction of sp³-hybridized carbons (Fsp3) is 0.111. The summed E-state index contributed by atoms with van der Waals surface area (Å²) in [6, 6.07) is 10.4. The lowest BCUT2D eigenvalue weighted by Crippen LogP contribution is -2.16. The largest absolute Gasteiger partial charge is 0.486 e. The number of carbonyl (C=O) groups is 1. The van der Waals surface area contributed by atoms with E-state index in [0.717, 1.165) is 0 Å². The third kappa shape index (κ3) is 2.67. The van der Waals surface area contributed by atoms with Crippen LogP contribution in [0.25, 0.3) is 5.57 Å². The number of halogens is 1. The monoisotopic (exact) mass is 309 g/mol. The van der Waals surface area contributed by atoms with E-state index < -0.39 is 11.8 Å². The smallest absolute Gasteiger partial charge is 0.335 e. The lowest BCUT2D eigenvalue weighted by molar-refractivity contribution is 0.0697. The predicted molar refractivity (Wildman–Crippen MR) is 81.7 cm³/mol. The molecule has 114 valence electrons. The van der Waals surface area contributed by atoms with Gasteiger partial charge in [0.25, 0.3) is 0 Å². The number of fused-ring (bicyclic) bond motifs is 1. The van der Waals surface area contributed by atoms with Crippen molar-refractivity contribution < 1.29 is 19.0 Å². The standard InChI is InChI=1S/C18H12FNO3/c1-10-6-15(14-8-13(19)4-2-12(14)9-20)16-7-11(18(21)22)3-5-17(16)23-10/h2-8,10H,1H3,(H,21,22). The molecular formula is C18H12FNO3. The van der Waals surface area contributed by atoms with Crippen LogP contribution < -0.4 is 4.74 Å². The third-order valence-corrected chi connectivity index (χ3v) is 3.62. The highest BCUT2D eigenvalue weighted by atomic mass is 19.1. The van der Waals surface area contributed by atoms with Crippen LogP contribution in [-0.2, 0) is 0 Å². The lowest BCUT2D eigenvalue weighted by atomic mass is 9.90. The molecule has 1 aliphatic heterocycles. The summed E-state index contributed by atoms with van der Waals surface area (Å²) in [5, 5.41) is 18.4. The molecule has 0 fully saturated rings. The summed E-state index contributed by atoms with van der Waals surface area (Å²) in [4.78, 5) is 11.2. The Bertz CT molecular complexity index is 880. The Morgan fingerprint density at radius 2 is 2.04 bits per heavy atom. The van der Waals surface area contributed by atoms with E-state index >= 15 is 0 Å². The maximum absolute atomic E-state index is 13.7. The minimum absolute atomic E-state index is 0.0997. The molecule has 5 heteroatoms. The topological polar surface area (TPSA) is 70.3 Å². The van der Waals surface area contributed by atoms with Crippen molar-refractivity contribution in [2.45, 2.75) is 13.0 Å². The number of carboxylic acid groups (broad SMARTS) is 1. The van der Waals surface area contributed by atoms with E-state index in [4.69, 9.17) is 9.84 Å². The van der Waals surface area contributed by atoms with Gasteiger partial charge in [-0.1, -0.05) is 0 Å². The second-order valence-electron chi connectivity index (χ2n) is 5.22. The van der Waals surface area contributed by atoms with Gasteiger partial charge in [-0.2, -0.15) is 5.26 Å². The van der Waals surface area contributed by atoms with Gasteiger partial charge in [-0.25, -0.2) is 9.18 Å². The minimum atomic E-state index is -1.06. The number of benzene rings is 2. The molecule has 0 spiro atoms. The van der Waals surface area contributed by atoms with E-state index in [1.807, 2.05) is 13.0 Å². The highest BCUT2D eigenvalue weighted by Gasteiger charge is 2.23. The van der Waals surface area contributed by atoms with Crippen LogP contribution in [0, 0.1) is 17.1 Å². The molecule has 1 unspecified atom stereocenters. The van der Waals surface area contributed by atoms with Crippen molar-refractivity contribution in [3.05, 3.63) is 70.5 Å². The summed E-state index contributed by atoms with van der Waals surface area (Å²) in [5.74, 6) is -1.02. The van der Waals surface area contributed by atoms with Crippen LogP contribution in [0.5, 0.6) is 5.75 Å². The number of rotatable bonds is 2. The molecule has 1 heterocycles. The van der Waals surface area contributed by atoms with E-state index in [2.05, 4.69) is 0 Å². The lowest BCUT2D eigenvalue weighted by Gasteiger charge is -2.24. The highest BCUT2D eigenvalue weighted by molar-refractivity contribution is 5.93. The van der Waals surface area contributed by atoms with Crippen molar-refractivity contribution >= 4 is 11.5 Å². The maximum Gasteiger partial charge on any atom is 0.335 e. The van der Waals surface area contributed by atoms with Gasteiger partial charge in [-0.15, -0.1) is 0 Å². The molecule has 0 bridgehead atoms. The highest BCUT2D eigenvalue weighted by Crippen LogP contribution is 2.38. The molecule has 0 radical (unpaired) electrons. The fourth-order valence-electron chi connectivity index (χ4n) is 2.61. The number of carboxylic acids is 1. The van der Waals surface area contributed by atoms with Crippen molar-refractivity contribution in [2.75, 3.05) is 0 Å². The van der Waals surface area contributed by atoms with Crippen LogP contribution >= 0.6 is 0 Å². The van der Waals surface area contributed by atoms with Gasteiger partial charge < -0.3 is 9.84 Å². The van der Waals surface area contributed by atoms with Crippen molar-refractivity contribution in [1.82, 2.24) is 0 Å². The first-order valence-electron chi connectivity index (χ1n) is 6.96. The molecule has 0 saturated heterocycles. The number of hydrogen-bond acceptors (Lipinski definition) is 3. The molecule has 2 aromatic carbocycles. The van der Waals surface area contributed by atoms with Gasteiger partial charge >= 0.3 is 5.97 Å². The van der Waals surface area contributed by atoms with E-state index in [0.29, 0.717) is 28.0 Å². The zero-order chi connectivity index (χ0) is 16.6. The molecule has 0 aromatic heterocycles. The Morgan fingerprint density at radius 1 is 1.26 bits per heavy atom. The molecule has 1 aliphatic rings. The number of hydrogen-bond donors (Lipinski definition) is 1. The maximum atomic E-state index is 13.7. The molecule has 4 nitrogen and oxygen atoms in total. The molecule has 0 saturated carbocycles. The third-order valence-electron chi connectivity index (χ3n) is 3.62. The first-order valence-corrected chi connectivity index (χ1v) is 6.96. The van der Waals surface area contributed by atoms with Gasteiger partial charge in [0, 0.05) is 11.1 Å². The van der Waals surface area contributed by atoms with Gasteiger partial charge in [0.1, 0.15) is 17.7 Å². The fourth-order valence-corrected chi connectivity index (χ4v) is 2.61. The van der Waals surface area contributed by atoms with E-state index in [9.17, 15) is 14.4 Å². The van der Waals surface area contributed by atoms with Gasteiger partial charge in [-0.05, 0) is 55.0 Å². The Labute approximate surface area is 132 Å². The average Bonchev–Trinajstić information content (AvgIpc) is 2.53. The van der Waals surface area contributed by atoms with Crippen LogP contribution in [0.2, 0.25) is 0 Å². The molecule has 0 aliphatic carbocycles. The van der Waals surface area contributed by atoms with Gasteiger partial charge in [-0.3, -0.25) is 0 Å². The first kappa shape index (κ1) is 14.8. The number of aromatic carboxylic acids is 1. The number of ether oxygens (including phenoxy) is 1. The summed E-state index contributed by atoms with van der Waals surface area (Å²) in [6.45, 7) is 1.82. The summed E-state index contributed by atoms with van der Waals surface area (Å²) in [5.41, 5.74) is 1.97. The van der Waals surface area contributed by atoms with Gasteiger partial charge in [0.15, 0.2) is 0 Å². The molecule has 2 aromatic rings. The second-order valence-corrected chi connectivity index (χ2v) is 5.22. The quantitative estimate of drug-likeness (QED) is 0.920. The average molecular weight is 309 g/mol. The second kappa shape index (κ2) is 5.58. The van der Waals surface area contributed by atoms with Crippen LogP contribution in [-0.4, -0.2) is 17.2 Å². The van der Waals surface area contributed by atoms with E-state index in [1.165, 1.54) is 30.3 Å².